The highest BCUT2D eigenvalue weighted by molar-refractivity contribution is 7.17. The number of rotatable bonds is 4. The number of anilines is 1. The van der Waals surface area contributed by atoms with E-state index in [1.54, 1.807) is 36.5 Å². The molecule has 1 aromatic carbocycles. The number of aromatic nitrogens is 2. The standard InChI is InChI=1S/C17H11Cl2N3O2S/c1-9(24)21-15-6-10(4-5-20-15)17-22-16(14(8-23)25-17)12-3-2-11(18)7-13(12)19/h2-8H,1H3,(H,20,21,24). The smallest absolute Gasteiger partial charge is 0.222 e. The number of pyridine rings is 1. The molecule has 0 fully saturated rings. The molecule has 1 N–H and O–H groups in total. The van der Waals surface area contributed by atoms with Gasteiger partial charge < -0.3 is 5.32 Å². The molecular weight excluding hydrogens is 381 g/mol. The molecule has 0 unspecified atom stereocenters. The number of amides is 1. The average molecular weight is 392 g/mol. The van der Waals surface area contributed by atoms with E-state index in [0.717, 1.165) is 11.8 Å². The molecule has 1 amide bonds. The molecule has 3 aromatic rings. The first-order chi connectivity index (χ1) is 12.0. The number of carbonyl (C=O) groups excluding carboxylic acids is 2. The van der Waals surface area contributed by atoms with Gasteiger partial charge in [0.2, 0.25) is 5.91 Å². The number of thiazole rings is 1. The summed E-state index contributed by atoms with van der Waals surface area (Å²) in [6.45, 7) is 1.41. The van der Waals surface area contributed by atoms with Crippen molar-refractivity contribution in [2.24, 2.45) is 0 Å². The van der Waals surface area contributed by atoms with E-state index >= 15 is 0 Å². The largest absolute Gasteiger partial charge is 0.311 e. The van der Waals surface area contributed by atoms with Crippen LogP contribution in [0.25, 0.3) is 21.8 Å². The minimum Gasteiger partial charge on any atom is -0.311 e. The lowest BCUT2D eigenvalue weighted by atomic mass is 10.1. The van der Waals surface area contributed by atoms with Crippen LogP contribution < -0.4 is 5.32 Å². The lowest BCUT2D eigenvalue weighted by Crippen LogP contribution is -2.07. The van der Waals surface area contributed by atoms with Crippen molar-refractivity contribution in [3.8, 4) is 21.8 Å². The number of carbonyl (C=O) groups is 2. The van der Waals surface area contributed by atoms with Crippen LogP contribution in [0.5, 0.6) is 0 Å². The summed E-state index contributed by atoms with van der Waals surface area (Å²) in [5.41, 5.74) is 1.87. The Kier molecular flexibility index (Phi) is 5.13. The van der Waals surface area contributed by atoms with E-state index in [1.165, 1.54) is 18.3 Å². The Morgan fingerprint density at radius 1 is 1.24 bits per heavy atom. The van der Waals surface area contributed by atoms with Crippen LogP contribution in [0.3, 0.4) is 0 Å². The second-order valence-corrected chi connectivity index (χ2v) is 6.96. The molecule has 3 rings (SSSR count). The van der Waals surface area contributed by atoms with Crippen molar-refractivity contribution in [1.82, 2.24) is 9.97 Å². The third-order valence-electron chi connectivity index (χ3n) is 3.26. The van der Waals surface area contributed by atoms with Crippen LogP contribution in [0.4, 0.5) is 5.82 Å². The molecule has 126 valence electrons. The van der Waals surface area contributed by atoms with Gasteiger partial charge in [-0.1, -0.05) is 23.2 Å². The molecule has 0 saturated carbocycles. The van der Waals surface area contributed by atoms with Crippen LogP contribution in [0.2, 0.25) is 10.0 Å². The van der Waals surface area contributed by atoms with Crippen LogP contribution in [-0.4, -0.2) is 22.2 Å². The molecule has 0 bridgehead atoms. The van der Waals surface area contributed by atoms with Crippen molar-refractivity contribution in [2.45, 2.75) is 6.92 Å². The van der Waals surface area contributed by atoms with Gasteiger partial charge in [0.05, 0.1) is 15.6 Å². The molecule has 2 aromatic heterocycles. The first-order valence-corrected chi connectivity index (χ1v) is 8.70. The van der Waals surface area contributed by atoms with E-state index in [0.29, 0.717) is 37.0 Å². The highest BCUT2D eigenvalue weighted by Crippen LogP contribution is 2.37. The molecule has 0 radical (unpaired) electrons. The highest BCUT2D eigenvalue weighted by atomic mass is 35.5. The molecule has 0 aliphatic heterocycles. The minimum absolute atomic E-state index is 0.217. The zero-order chi connectivity index (χ0) is 18.0. The van der Waals surface area contributed by atoms with Gasteiger partial charge in [0, 0.05) is 29.3 Å². The molecule has 0 spiro atoms. The predicted molar refractivity (Wildman–Crippen MR) is 100 cm³/mol. The fraction of sp³-hybridized carbons (Fsp3) is 0.0588. The van der Waals surface area contributed by atoms with Gasteiger partial charge in [-0.15, -0.1) is 11.3 Å². The van der Waals surface area contributed by atoms with Crippen LogP contribution in [0.1, 0.15) is 16.6 Å². The maximum atomic E-state index is 11.5. The lowest BCUT2D eigenvalue weighted by Gasteiger charge is -2.03. The average Bonchev–Trinajstić information content (AvgIpc) is 2.98. The number of hydrogen-bond acceptors (Lipinski definition) is 5. The van der Waals surface area contributed by atoms with Gasteiger partial charge in [0.1, 0.15) is 10.8 Å². The Morgan fingerprint density at radius 3 is 2.72 bits per heavy atom. The Labute approximate surface area is 157 Å². The minimum atomic E-state index is -0.217. The van der Waals surface area contributed by atoms with E-state index in [4.69, 9.17) is 23.2 Å². The van der Waals surface area contributed by atoms with Crippen molar-refractivity contribution in [3.05, 3.63) is 51.5 Å². The zero-order valence-corrected chi connectivity index (χ0v) is 15.2. The lowest BCUT2D eigenvalue weighted by molar-refractivity contribution is -0.114. The van der Waals surface area contributed by atoms with Crippen molar-refractivity contribution >= 4 is 52.5 Å². The molecule has 0 aliphatic carbocycles. The summed E-state index contributed by atoms with van der Waals surface area (Å²) in [4.78, 5) is 31.7. The normalized spacial score (nSPS) is 10.5. The van der Waals surface area contributed by atoms with Crippen LogP contribution in [-0.2, 0) is 4.79 Å². The molecule has 2 heterocycles. The fourth-order valence-electron chi connectivity index (χ4n) is 2.22. The topological polar surface area (TPSA) is 72.0 Å². The fourth-order valence-corrected chi connectivity index (χ4v) is 3.61. The second-order valence-electron chi connectivity index (χ2n) is 5.08. The summed E-state index contributed by atoms with van der Waals surface area (Å²) in [5, 5.41) is 4.16. The highest BCUT2D eigenvalue weighted by Gasteiger charge is 2.17. The summed E-state index contributed by atoms with van der Waals surface area (Å²) >= 11 is 13.4. The Morgan fingerprint density at radius 2 is 2.04 bits per heavy atom. The van der Waals surface area contributed by atoms with E-state index in [9.17, 15) is 9.59 Å². The SMILES string of the molecule is CC(=O)Nc1cc(-c2nc(-c3ccc(Cl)cc3Cl)c(C=O)s2)ccn1. The van der Waals surface area contributed by atoms with E-state index < -0.39 is 0 Å². The second kappa shape index (κ2) is 7.31. The summed E-state index contributed by atoms with van der Waals surface area (Å²) in [6, 6.07) is 8.48. The quantitative estimate of drug-likeness (QED) is 0.638. The summed E-state index contributed by atoms with van der Waals surface area (Å²) in [6.07, 6.45) is 2.31. The Bertz CT molecular complexity index is 972. The molecule has 0 atom stereocenters. The van der Waals surface area contributed by atoms with Crippen LogP contribution in [0, 0.1) is 0 Å². The molecular formula is C17H11Cl2N3O2S. The van der Waals surface area contributed by atoms with E-state index in [2.05, 4.69) is 15.3 Å². The molecule has 8 heteroatoms. The van der Waals surface area contributed by atoms with Crippen molar-refractivity contribution in [1.29, 1.82) is 0 Å². The number of aldehydes is 1. The summed E-state index contributed by atoms with van der Waals surface area (Å²) < 4.78 is 0. The van der Waals surface area contributed by atoms with Crippen LogP contribution in [0.15, 0.2) is 36.5 Å². The number of benzene rings is 1. The summed E-state index contributed by atoms with van der Waals surface area (Å²) in [7, 11) is 0. The number of hydrogen-bond donors (Lipinski definition) is 1. The Hall–Kier alpha value is -2.28. The monoisotopic (exact) mass is 391 g/mol. The van der Waals surface area contributed by atoms with Gasteiger partial charge in [-0.2, -0.15) is 0 Å². The summed E-state index contributed by atoms with van der Waals surface area (Å²) in [5.74, 6) is 0.199. The van der Waals surface area contributed by atoms with Gasteiger partial charge in [-0.25, -0.2) is 9.97 Å². The van der Waals surface area contributed by atoms with E-state index in [1.807, 2.05) is 0 Å². The van der Waals surface area contributed by atoms with Gasteiger partial charge >= 0.3 is 0 Å². The zero-order valence-electron chi connectivity index (χ0n) is 12.9. The third kappa shape index (κ3) is 3.87. The first kappa shape index (κ1) is 17.5. The molecule has 5 nitrogen and oxygen atoms in total. The number of halogens is 2. The number of nitrogens with one attached hydrogen (secondary N) is 1. The van der Waals surface area contributed by atoms with Crippen molar-refractivity contribution in [2.75, 3.05) is 5.32 Å². The molecule has 25 heavy (non-hydrogen) atoms. The third-order valence-corrected chi connectivity index (χ3v) is 4.84. The molecule has 0 saturated heterocycles. The number of nitrogens with zero attached hydrogens (tertiary/aromatic N) is 2. The van der Waals surface area contributed by atoms with Crippen molar-refractivity contribution in [3.63, 3.8) is 0 Å². The van der Waals surface area contributed by atoms with Gasteiger partial charge in [0.25, 0.3) is 0 Å². The molecule has 0 aliphatic rings. The Balaban J connectivity index is 2.07. The predicted octanol–water partition coefficient (Wildman–Crippen LogP) is 4.95. The maximum Gasteiger partial charge on any atom is 0.222 e. The van der Waals surface area contributed by atoms with Gasteiger partial charge in [0.15, 0.2) is 6.29 Å². The van der Waals surface area contributed by atoms with Crippen molar-refractivity contribution < 1.29 is 9.59 Å². The van der Waals surface area contributed by atoms with Crippen LogP contribution >= 0.6 is 34.5 Å². The maximum absolute atomic E-state index is 11.5. The first-order valence-electron chi connectivity index (χ1n) is 7.13. The van der Waals surface area contributed by atoms with Gasteiger partial charge in [-0.3, -0.25) is 9.59 Å². The van der Waals surface area contributed by atoms with Gasteiger partial charge in [-0.05, 0) is 30.3 Å². The van der Waals surface area contributed by atoms with E-state index in [-0.39, 0.29) is 5.91 Å².